The zero-order chi connectivity index (χ0) is 10.3. The fourth-order valence-corrected chi connectivity index (χ4v) is 1.86. The summed E-state index contributed by atoms with van der Waals surface area (Å²) in [5, 5.41) is 10.1. The molecule has 1 heterocycles. The summed E-state index contributed by atoms with van der Waals surface area (Å²) < 4.78 is 0. The van der Waals surface area contributed by atoms with Gasteiger partial charge in [-0.2, -0.15) is 0 Å². The molecular weight excluding hydrogens is 204 g/mol. The lowest BCUT2D eigenvalue weighted by Gasteiger charge is -2.18. The third kappa shape index (κ3) is 1.32. The molecule has 0 radical (unpaired) electrons. The van der Waals surface area contributed by atoms with Crippen LogP contribution in [0.2, 0.25) is 5.02 Å². The number of halogens is 1. The normalized spacial score (nSPS) is 19.6. The standard InChI is InChI=1S/C9H9ClN2O2/c10-6-1-2-7-5(3-6)4-8(13)12(7)9(11)14/h1-3,8,13H,4H2,(H2,11,14). The minimum Gasteiger partial charge on any atom is -0.373 e. The number of hydrogen-bond donors (Lipinski definition) is 2. The van der Waals surface area contributed by atoms with Gasteiger partial charge in [-0.05, 0) is 23.8 Å². The molecule has 0 aromatic heterocycles. The van der Waals surface area contributed by atoms with Crippen molar-refractivity contribution in [3.63, 3.8) is 0 Å². The van der Waals surface area contributed by atoms with Crippen LogP contribution in [0.15, 0.2) is 18.2 Å². The number of nitrogens with two attached hydrogens (primary N) is 1. The van der Waals surface area contributed by atoms with Gasteiger partial charge in [-0.25, -0.2) is 4.79 Å². The van der Waals surface area contributed by atoms with Gasteiger partial charge in [-0.15, -0.1) is 0 Å². The van der Waals surface area contributed by atoms with Crippen LogP contribution in [-0.2, 0) is 6.42 Å². The minimum absolute atomic E-state index is 0.374. The summed E-state index contributed by atoms with van der Waals surface area (Å²) in [6, 6.07) is 4.41. The lowest BCUT2D eigenvalue weighted by atomic mass is 10.2. The molecule has 0 bridgehead atoms. The number of benzene rings is 1. The third-order valence-corrected chi connectivity index (χ3v) is 2.47. The molecule has 3 N–H and O–H groups in total. The summed E-state index contributed by atoms with van der Waals surface area (Å²) in [6.07, 6.45) is -0.500. The van der Waals surface area contributed by atoms with Crippen LogP contribution in [0.3, 0.4) is 0 Å². The van der Waals surface area contributed by atoms with Crippen LogP contribution >= 0.6 is 11.6 Å². The molecule has 0 saturated heterocycles. The SMILES string of the molecule is NC(=O)N1c2ccc(Cl)cc2CC1O. The first kappa shape index (κ1) is 9.30. The molecule has 1 unspecified atom stereocenters. The number of aliphatic hydroxyl groups excluding tert-OH is 1. The van der Waals surface area contributed by atoms with Crippen LogP contribution in [0, 0.1) is 0 Å². The summed E-state index contributed by atoms with van der Waals surface area (Å²) >= 11 is 5.78. The molecule has 1 aliphatic rings. The van der Waals surface area contributed by atoms with E-state index in [1.165, 1.54) is 0 Å². The average Bonchev–Trinajstić information content (AvgIpc) is 2.39. The van der Waals surface area contributed by atoms with Gasteiger partial charge in [-0.3, -0.25) is 4.90 Å². The second kappa shape index (κ2) is 3.15. The Labute approximate surface area is 85.9 Å². The first-order valence-corrected chi connectivity index (χ1v) is 4.52. The van der Waals surface area contributed by atoms with E-state index < -0.39 is 12.3 Å². The van der Waals surface area contributed by atoms with Crippen LogP contribution in [0.1, 0.15) is 5.56 Å². The number of aliphatic hydroxyl groups is 1. The van der Waals surface area contributed by atoms with E-state index >= 15 is 0 Å². The van der Waals surface area contributed by atoms with Crippen molar-refractivity contribution in [3.05, 3.63) is 28.8 Å². The summed E-state index contributed by atoms with van der Waals surface area (Å²) in [6.45, 7) is 0. The number of urea groups is 1. The summed E-state index contributed by atoms with van der Waals surface area (Å²) in [4.78, 5) is 12.2. The van der Waals surface area contributed by atoms with Gasteiger partial charge in [0.2, 0.25) is 0 Å². The quantitative estimate of drug-likeness (QED) is 0.676. The summed E-state index contributed by atoms with van der Waals surface area (Å²) in [5.41, 5.74) is 6.61. The second-order valence-corrected chi connectivity index (χ2v) is 3.60. The Bertz CT molecular complexity index is 394. The number of carbonyl (C=O) groups is 1. The maximum atomic E-state index is 11.0. The van der Waals surface area contributed by atoms with Gasteiger partial charge in [0.1, 0.15) is 6.23 Å². The van der Waals surface area contributed by atoms with Gasteiger partial charge in [-0.1, -0.05) is 11.6 Å². The maximum Gasteiger partial charge on any atom is 0.321 e. The van der Waals surface area contributed by atoms with Gasteiger partial charge < -0.3 is 10.8 Å². The van der Waals surface area contributed by atoms with E-state index in [0.29, 0.717) is 17.1 Å². The number of fused-ring (bicyclic) bond motifs is 1. The van der Waals surface area contributed by atoms with Gasteiger partial charge in [0.25, 0.3) is 0 Å². The fraction of sp³-hybridized carbons (Fsp3) is 0.222. The molecule has 1 aromatic rings. The van der Waals surface area contributed by atoms with Crippen LogP contribution in [0.25, 0.3) is 0 Å². The van der Waals surface area contributed by atoms with Crippen molar-refractivity contribution in [1.82, 2.24) is 0 Å². The fourth-order valence-electron chi connectivity index (χ4n) is 1.67. The molecule has 0 fully saturated rings. The van der Waals surface area contributed by atoms with Gasteiger partial charge >= 0.3 is 6.03 Å². The van der Waals surface area contributed by atoms with Crippen molar-refractivity contribution in [1.29, 1.82) is 0 Å². The lowest BCUT2D eigenvalue weighted by Crippen LogP contribution is -2.41. The van der Waals surface area contributed by atoms with Gasteiger partial charge in [0.05, 0.1) is 5.69 Å². The van der Waals surface area contributed by atoms with Crippen molar-refractivity contribution in [3.8, 4) is 0 Å². The Balaban J connectivity index is 2.48. The lowest BCUT2D eigenvalue weighted by molar-refractivity contribution is 0.178. The predicted octanol–water partition coefficient (Wildman–Crippen LogP) is 1.10. The second-order valence-electron chi connectivity index (χ2n) is 3.17. The van der Waals surface area contributed by atoms with Crippen molar-refractivity contribution in [2.45, 2.75) is 12.6 Å². The molecule has 5 heteroatoms. The van der Waals surface area contributed by atoms with E-state index in [9.17, 15) is 9.90 Å². The van der Waals surface area contributed by atoms with E-state index in [1.807, 2.05) is 0 Å². The first-order valence-electron chi connectivity index (χ1n) is 4.15. The molecule has 2 amide bonds. The highest BCUT2D eigenvalue weighted by Crippen LogP contribution is 2.32. The molecular formula is C9H9ClN2O2. The van der Waals surface area contributed by atoms with Crippen LogP contribution in [0.4, 0.5) is 10.5 Å². The molecule has 2 rings (SSSR count). The third-order valence-electron chi connectivity index (χ3n) is 2.24. The Hall–Kier alpha value is -1.26. The number of rotatable bonds is 0. The summed E-state index contributed by atoms with van der Waals surface area (Å²) in [7, 11) is 0. The molecule has 1 aliphatic heterocycles. The Morgan fingerprint density at radius 1 is 1.64 bits per heavy atom. The van der Waals surface area contributed by atoms with E-state index in [4.69, 9.17) is 17.3 Å². The highest BCUT2D eigenvalue weighted by atomic mass is 35.5. The molecule has 14 heavy (non-hydrogen) atoms. The molecule has 4 nitrogen and oxygen atoms in total. The average molecular weight is 213 g/mol. The predicted molar refractivity (Wildman–Crippen MR) is 53.2 cm³/mol. The largest absolute Gasteiger partial charge is 0.373 e. The van der Waals surface area contributed by atoms with Crippen molar-refractivity contribution in [2.24, 2.45) is 5.73 Å². The Kier molecular flexibility index (Phi) is 2.09. The molecule has 0 aliphatic carbocycles. The highest BCUT2D eigenvalue weighted by Gasteiger charge is 2.30. The number of amides is 2. The minimum atomic E-state index is -0.874. The zero-order valence-corrected chi connectivity index (χ0v) is 8.03. The Morgan fingerprint density at radius 3 is 3.00 bits per heavy atom. The maximum absolute atomic E-state index is 11.0. The first-order chi connectivity index (χ1) is 6.59. The highest BCUT2D eigenvalue weighted by molar-refractivity contribution is 6.30. The van der Waals surface area contributed by atoms with Crippen molar-refractivity contribution in [2.75, 3.05) is 4.90 Å². The van der Waals surface area contributed by atoms with Crippen molar-refractivity contribution >= 4 is 23.3 Å². The van der Waals surface area contributed by atoms with E-state index in [2.05, 4.69) is 0 Å². The van der Waals surface area contributed by atoms with E-state index in [0.717, 1.165) is 10.5 Å². The summed E-state index contributed by atoms with van der Waals surface area (Å²) in [5.74, 6) is 0. The number of hydrogen-bond acceptors (Lipinski definition) is 2. The number of primary amides is 1. The zero-order valence-electron chi connectivity index (χ0n) is 7.27. The van der Waals surface area contributed by atoms with Crippen LogP contribution in [-0.4, -0.2) is 17.4 Å². The van der Waals surface area contributed by atoms with Gasteiger partial charge in [0.15, 0.2) is 0 Å². The molecule has 0 spiro atoms. The molecule has 1 aromatic carbocycles. The van der Waals surface area contributed by atoms with E-state index in [-0.39, 0.29) is 0 Å². The smallest absolute Gasteiger partial charge is 0.321 e. The van der Waals surface area contributed by atoms with Crippen LogP contribution < -0.4 is 10.6 Å². The number of nitrogens with zero attached hydrogens (tertiary/aromatic N) is 1. The van der Waals surface area contributed by atoms with E-state index in [1.54, 1.807) is 18.2 Å². The van der Waals surface area contributed by atoms with Crippen LogP contribution in [0.5, 0.6) is 0 Å². The molecule has 1 atom stereocenters. The monoisotopic (exact) mass is 212 g/mol. The Morgan fingerprint density at radius 2 is 2.36 bits per heavy atom. The van der Waals surface area contributed by atoms with Crippen molar-refractivity contribution < 1.29 is 9.90 Å². The molecule has 0 saturated carbocycles. The topological polar surface area (TPSA) is 66.6 Å². The van der Waals surface area contributed by atoms with Gasteiger partial charge in [0, 0.05) is 11.4 Å². The number of anilines is 1. The number of carbonyl (C=O) groups excluding carboxylic acids is 1. The molecule has 74 valence electrons.